The molecule has 5 nitrogen and oxygen atoms in total. The van der Waals surface area contributed by atoms with E-state index in [1.165, 1.54) is 19.3 Å². The fourth-order valence-electron chi connectivity index (χ4n) is 3.75. The zero-order chi connectivity index (χ0) is 15.6. The SMILES string of the molecule is O=C(Cc1cccs1)N1CCC[C@H]1c1nnc2n1CCCCC2. The van der Waals surface area contributed by atoms with E-state index in [1.807, 2.05) is 22.4 Å². The number of amides is 1. The van der Waals surface area contributed by atoms with Gasteiger partial charge in [0, 0.05) is 24.4 Å². The molecule has 0 spiro atoms. The first-order valence-electron chi connectivity index (χ1n) is 8.57. The Morgan fingerprint density at radius 1 is 1.22 bits per heavy atom. The van der Waals surface area contributed by atoms with E-state index in [1.54, 1.807) is 11.3 Å². The number of thiophene rings is 1. The Kier molecular flexibility index (Phi) is 4.16. The zero-order valence-corrected chi connectivity index (χ0v) is 14.1. The van der Waals surface area contributed by atoms with Gasteiger partial charge in [-0.15, -0.1) is 21.5 Å². The molecule has 1 amide bonds. The van der Waals surface area contributed by atoms with Crippen LogP contribution in [0.2, 0.25) is 0 Å². The van der Waals surface area contributed by atoms with E-state index < -0.39 is 0 Å². The highest BCUT2D eigenvalue weighted by molar-refractivity contribution is 7.10. The number of hydrogen-bond donors (Lipinski definition) is 0. The maximum atomic E-state index is 12.7. The molecule has 0 aliphatic carbocycles. The maximum Gasteiger partial charge on any atom is 0.228 e. The Hall–Kier alpha value is -1.69. The molecular formula is C17H22N4OS. The summed E-state index contributed by atoms with van der Waals surface area (Å²) in [6, 6.07) is 4.16. The van der Waals surface area contributed by atoms with Crippen LogP contribution in [0, 0.1) is 0 Å². The van der Waals surface area contributed by atoms with E-state index >= 15 is 0 Å². The molecular weight excluding hydrogens is 308 g/mol. The molecule has 2 aliphatic rings. The van der Waals surface area contributed by atoms with E-state index in [9.17, 15) is 4.79 Å². The molecule has 6 heteroatoms. The van der Waals surface area contributed by atoms with Crippen LogP contribution in [0.4, 0.5) is 0 Å². The second kappa shape index (κ2) is 6.43. The minimum Gasteiger partial charge on any atom is -0.332 e. The number of rotatable bonds is 3. The van der Waals surface area contributed by atoms with Crippen molar-refractivity contribution in [1.82, 2.24) is 19.7 Å². The minimum atomic E-state index is 0.113. The predicted molar refractivity (Wildman–Crippen MR) is 89.3 cm³/mol. The Balaban J connectivity index is 1.56. The minimum absolute atomic E-state index is 0.113. The van der Waals surface area contributed by atoms with Crippen molar-refractivity contribution >= 4 is 17.2 Å². The van der Waals surface area contributed by atoms with Gasteiger partial charge < -0.3 is 9.47 Å². The normalized spacial score (nSPS) is 21.2. The number of hydrogen-bond acceptors (Lipinski definition) is 4. The molecule has 2 aliphatic heterocycles. The fourth-order valence-corrected chi connectivity index (χ4v) is 4.45. The number of carbonyl (C=O) groups excluding carboxylic acids is 1. The lowest BCUT2D eigenvalue weighted by molar-refractivity contribution is -0.131. The van der Waals surface area contributed by atoms with E-state index in [2.05, 4.69) is 14.8 Å². The van der Waals surface area contributed by atoms with Gasteiger partial charge >= 0.3 is 0 Å². The van der Waals surface area contributed by atoms with Gasteiger partial charge in [0.15, 0.2) is 5.82 Å². The molecule has 0 saturated carbocycles. The molecule has 122 valence electrons. The van der Waals surface area contributed by atoms with Crippen LogP contribution < -0.4 is 0 Å². The van der Waals surface area contributed by atoms with Crippen LogP contribution in [0.1, 0.15) is 54.7 Å². The molecule has 1 saturated heterocycles. The smallest absolute Gasteiger partial charge is 0.228 e. The summed E-state index contributed by atoms with van der Waals surface area (Å²) in [6.45, 7) is 1.85. The first-order valence-corrected chi connectivity index (χ1v) is 9.45. The van der Waals surface area contributed by atoms with Gasteiger partial charge in [-0.1, -0.05) is 12.5 Å². The van der Waals surface area contributed by atoms with Crippen LogP contribution in [-0.2, 0) is 24.2 Å². The summed E-state index contributed by atoms with van der Waals surface area (Å²) < 4.78 is 2.29. The van der Waals surface area contributed by atoms with Crippen LogP contribution in [0.25, 0.3) is 0 Å². The molecule has 0 bridgehead atoms. The molecule has 4 heterocycles. The van der Waals surface area contributed by atoms with Crippen molar-refractivity contribution in [3.05, 3.63) is 34.0 Å². The Bertz CT molecular complexity index is 679. The Morgan fingerprint density at radius 2 is 2.17 bits per heavy atom. The third kappa shape index (κ3) is 2.92. The summed E-state index contributed by atoms with van der Waals surface area (Å²) in [5.74, 6) is 2.34. The average Bonchev–Trinajstić information content (AvgIpc) is 3.26. The van der Waals surface area contributed by atoms with Crippen molar-refractivity contribution in [2.24, 2.45) is 0 Å². The third-order valence-electron chi connectivity index (χ3n) is 4.91. The van der Waals surface area contributed by atoms with Crippen molar-refractivity contribution in [3.63, 3.8) is 0 Å². The van der Waals surface area contributed by atoms with Crippen LogP contribution in [0.3, 0.4) is 0 Å². The quantitative estimate of drug-likeness (QED) is 0.869. The van der Waals surface area contributed by atoms with Gasteiger partial charge in [-0.2, -0.15) is 0 Å². The van der Waals surface area contributed by atoms with E-state index in [4.69, 9.17) is 0 Å². The number of carbonyl (C=O) groups is 1. The van der Waals surface area contributed by atoms with E-state index in [-0.39, 0.29) is 11.9 Å². The Morgan fingerprint density at radius 3 is 3.04 bits per heavy atom. The molecule has 0 unspecified atom stereocenters. The number of fused-ring (bicyclic) bond motifs is 1. The fraction of sp³-hybridized carbons (Fsp3) is 0.588. The van der Waals surface area contributed by atoms with Gasteiger partial charge in [-0.25, -0.2) is 0 Å². The number of aryl methyl sites for hydroxylation is 1. The summed E-state index contributed by atoms with van der Waals surface area (Å²) in [4.78, 5) is 15.9. The van der Waals surface area contributed by atoms with Crippen molar-refractivity contribution in [2.45, 2.75) is 57.5 Å². The molecule has 0 radical (unpaired) electrons. The van der Waals surface area contributed by atoms with Crippen LogP contribution in [0.15, 0.2) is 17.5 Å². The zero-order valence-electron chi connectivity index (χ0n) is 13.3. The highest BCUT2D eigenvalue weighted by atomic mass is 32.1. The van der Waals surface area contributed by atoms with Gasteiger partial charge in [-0.3, -0.25) is 4.79 Å². The highest BCUT2D eigenvalue weighted by Crippen LogP contribution is 2.33. The van der Waals surface area contributed by atoms with Gasteiger partial charge in [0.25, 0.3) is 0 Å². The van der Waals surface area contributed by atoms with Gasteiger partial charge in [0.2, 0.25) is 5.91 Å². The van der Waals surface area contributed by atoms with Crippen LogP contribution in [0.5, 0.6) is 0 Å². The summed E-state index contributed by atoms with van der Waals surface area (Å²) in [5.41, 5.74) is 0. The lowest BCUT2D eigenvalue weighted by Gasteiger charge is -2.24. The molecule has 2 aromatic heterocycles. The second-order valence-electron chi connectivity index (χ2n) is 6.44. The molecule has 2 aromatic rings. The van der Waals surface area contributed by atoms with Crippen LogP contribution in [-0.4, -0.2) is 32.1 Å². The van der Waals surface area contributed by atoms with Crippen LogP contribution >= 0.6 is 11.3 Å². The van der Waals surface area contributed by atoms with Crippen molar-refractivity contribution in [3.8, 4) is 0 Å². The number of aromatic nitrogens is 3. The van der Waals surface area contributed by atoms with E-state index in [0.29, 0.717) is 6.42 Å². The third-order valence-corrected chi connectivity index (χ3v) is 5.79. The molecule has 1 fully saturated rings. The average molecular weight is 330 g/mol. The summed E-state index contributed by atoms with van der Waals surface area (Å²) >= 11 is 1.65. The molecule has 0 N–H and O–H groups in total. The summed E-state index contributed by atoms with van der Waals surface area (Å²) in [5, 5.41) is 10.9. The number of nitrogens with zero attached hydrogens (tertiary/aromatic N) is 4. The Labute approximate surface area is 140 Å². The first kappa shape index (κ1) is 14.9. The molecule has 1 atom stereocenters. The molecule has 0 aromatic carbocycles. The highest BCUT2D eigenvalue weighted by Gasteiger charge is 2.34. The van der Waals surface area contributed by atoms with Crippen molar-refractivity contribution in [2.75, 3.05) is 6.54 Å². The lowest BCUT2D eigenvalue weighted by Crippen LogP contribution is -2.33. The van der Waals surface area contributed by atoms with E-state index in [0.717, 1.165) is 48.9 Å². The molecule has 23 heavy (non-hydrogen) atoms. The van der Waals surface area contributed by atoms with Crippen molar-refractivity contribution in [1.29, 1.82) is 0 Å². The maximum absolute atomic E-state index is 12.7. The predicted octanol–water partition coefficient (Wildman–Crippen LogP) is 2.97. The summed E-state index contributed by atoms with van der Waals surface area (Å²) in [6.07, 6.45) is 7.24. The van der Waals surface area contributed by atoms with Gasteiger partial charge in [0.1, 0.15) is 5.82 Å². The standard InChI is InChI=1S/C17H22N4OS/c22-16(12-13-6-5-11-23-13)20-10-4-7-14(20)17-19-18-15-8-2-1-3-9-21(15)17/h5-6,11,14H,1-4,7-10,12H2/t14-/m0/s1. The first-order chi connectivity index (χ1) is 11.3. The monoisotopic (exact) mass is 330 g/mol. The number of likely N-dealkylation sites (tertiary alicyclic amines) is 1. The molecule has 4 rings (SSSR count). The topological polar surface area (TPSA) is 51.0 Å². The summed E-state index contributed by atoms with van der Waals surface area (Å²) in [7, 11) is 0. The van der Waals surface area contributed by atoms with Crippen molar-refractivity contribution < 1.29 is 4.79 Å². The second-order valence-corrected chi connectivity index (χ2v) is 7.47. The largest absolute Gasteiger partial charge is 0.332 e. The van der Waals surface area contributed by atoms with Gasteiger partial charge in [-0.05, 0) is 37.1 Å². The van der Waals surface area contributed by atoms with Gasteiger partial charge in [0.05, 0.1) is 12.5 Å². The lowest BCUT2D eigenvalue weighted by atomic mass is 10.2.